The van der Waals surface area contributed by atoms with Gasteiger partial charge in [-0.15, -0.1) is 0 Å². The van der Waals surface area contributed by atoms with Gasteiger partial charge in [0.05, 0.1) is 18.6 Å². The summed E-state index contributed by atoms with van der Waals surface area (Å²) in [6.45, 7) is 2.29. The molecule has 0 amide bonds. The summed E-state index contributed by atoms with van der Waals surface area (Å²) in [7, 11) is -1.69. The second-order valence-corrected chi connectivity index (χ2v) is 5.03. The van der Waals surface area contributed by atoms with E-state index in [2.05, 4.69) is 0 Å². The first kappa shape index (κ1) is 11.8. The van der Waals surface area contributed by atoms with E-state index in [0.29, 0.717) is 18.1 Å². The number of hydrogen-bond acceptors (Lipinski definition) is 4. The summed E-state index contributed by atoms with van der Waals surface area (Å²) in [6, 6.07) is 4.55. The Kier molecular flexibility index (Phi) is 3.57. The predicted molar refractivity (Wildman–Crippen MR) is 57.3 cm³/mol. The molecule has 0 radical (unpaired) electrons. The molecule has 0 unspecified atom stereocenters. The number of methoxy groups -OCH3 is 1. The molecule has 0 aliphatic rings. The van der Waals surface area contributed by atoms with Gasteiger partial charge in [-0.05, 0) is 19.1 Å². The zero-order valence-corrected chi connectivity index (χ0v) is 9.80. The topological polar surface area (TPSA) is 52.6 Å². The Morgan fingerprint density at radius 3 is 2.40 bits per heavy atom. The fraction of sp³-hybridized carbons (Fsp3) is 0.400. The Balaban J connectivity index is 3.22. The van der Waals surface area contributed by atoms with Gasteiger partial charge in [0.2, 0.25) is 0 Å². The van der Waals surface area contributed by atoms with Crippen LogP contribution in [0.25, 0.3) is 0 Å². The average molecular weight is 230 g/mol. The smallest absolute Gasteiger partial charge is 0.175 e. The van der Waals surface area contributed by atoms with E-state index >= 15 is 0 Å². The SMILES string of the molecule is CCOc1cc(S(C)(=O)=O)ccc1OC. The predicted octanol–water partition coefficient (Wildman–Crippen LogP) is 1.50. The van der Waals surface area contributed by atoms with Crippen LogP contribution < -0.4 is 9.47 Å². The van der Waals surface area contributed by atoms with Gasteiger partial charge in [0.25, 0.3) is 0 Å². The third kappa shape index (κ3) is 2.86. The maximum absolute atomic E-state index is 11.3. The zero-order chi connectivity index (χ0) is 11.5. The molecule has 0 aliphatic heterocycles. The minimum Gasteiger partial charge on any atom is -0.493 e. The molecular formula is C10H14O4S. The van der Waals surface area contributed by atoms with Gasteiger partial charge in [0, 0.05) is 12.3 Å². The lowest BCUT2D eigenvalue weighted by molar-refractivity contribution is 0.310. The van der Waals surface area contributed by atoms with E-state index in [1.165, 1.54) is 19.2 Å². The van der Waals surface area contributed by atoms with Crippen molar-refractivity contribution in [3.05, 3.63) is 18.2 Å². The molecule has 0 saturated heterocycles. The zero-order valence-electron chi connectivity index (χ0n) is 8.98. The van der Waals surface area contributed by atoms with Crippen molar-refractivity contribution in [3.63, 3.8) is 0 Å². The molecule has 1 aromatic carbocycles. The van der Waals surface area contributed by atoms with Gasteiger partial charge in [-0.3, -0.25) is 0 Å². The van der Waals surface area contributed by atoms with Crippen LogP contribution in [0.4, 0.5) is 0 Å². The quantitative estimate of drug-likeness (QED) is 0.786. The molecule has 1 aromatic rings. The standard InChI is InChI=1S/C10H14O4S/c1-4-14-10-7-8(15(3,11)12)5-6-9(10)13-2/h5-7H,4H2,1-3H3. The fourth-order valence-corrected chi connectivity index (χ4v) is 1.79. The first-order valence-electron chi connectivity index (χ1n) is 4.50. The van der Waals surface area contributed by atoms with Crippen molar-refractivity contribution in [1.29, 1.82) is 0 Å². The molecule has 0 aliphatic carbocycles. The van der Waals surface area contributed by atoms with Gasteiger partial charge < -0.3 is 9.47 Å². The van der Waals surface area contributed by atoms with Crippen LogP contribution >= 0.6 is 0 Å². The van der Waals surface area contributed by atoms with Crippen LogP contribution in [0.5, 0.6) is 11.5 Å². The molecular weight excluding hydrogens is 216 g/mol. The summed E-state index contributed by atoms with van der Waals surface area (Å²) < 4.78 is 32.9. The monoisotopic (exact) mass is 230 g/mol. The molecule has 15 heavy (non-hydrogen) atoms. The highest BCUT2D eigenvalue weighted by Crippen LogP contribution is 2.29. The summed E-state index contributed by atoms with van der Waals surface area (Å²) in [4.78, 5) is 0.228. The van der Waals surface area contributed by atoms with Crippen LogP contribution in [0.2, 0.25) is 0 Å². The molecule has 0 saturated carbocycles. The molecule has 0 bridgehead atoms. The minimum absolute atomic E-state index is 0.228. The highest BCUT2D eigenvalue weighted by Gasteiger charge is 2.11. The first-order valence-corrected chi connectivity index (χ1v) is 6.39. The van der Waals surface area contributed by atoms with Crippen LogP contribution in [0.15, 0.2) is 23.1 Å². The molecule has 84 valence electrons. The molecule has 0 N–H and O–H groups in total. The number of ether oxygens (including phenoxy) is 2. The first-order chi connectivity index (χ1) is 6.99. The summed E-state index contributed by atoms with van der Waals surface area (Å²) >= 11 is 0. The van der Waals surface area contributed by atoms with E-state index in [4.69, 9.17) is 9.47 Å². The minimum atomic E-state index is -3.20. The number of benzene rings is 1. The highest BCUT2D eigenvalue weighted by atomic mass is 32.2. The van der Waals surface area contributed by atoms with E-state index in [1.807, 2.05) is 6.92 Å². The maximum atomic E-state index is 11.3. The Bertz CT molecular complexity index is 437. The second kappa shape index (κ2) is 4.53. The third-order valence-corrected chi connectivity index (χ3v) is 2.97. The van der Waals surface area contributed by atoms with Gasteiger partial charge in [0.1, 0.15) is 0 Å². The van der Waals surface area contributed by atoms with Crippen molar-refractivity contribution in [2.45, 2.75) is 11.8 Å². The lowest BCUT2D eigenvalue weighted by Gasteiger charge is -2.10. The molecule has 1 rings (SSSR count). The molecule has 5 heteroatoms. The fourth-order valence-electron chi connectivity index (χ4n) is 1.16. The van der Waals surface area contributed by atoms with E-state index in [9.17, 15) is 8.42 Å². The van der Waals surface area contributed by atoms with Crippen molar-refractivity contribution >= 4 is 9.84 Å². The van der Waals surface area contributed by atoms with Crippen LogP contribution in [0.1, 0.15) is 6.92 Å². The lowest BCUT2D eigenvalue weighted by Crippen LogP contribution is -2.00. The van der Waals surface area contributed by atoms with Crippen molar-refractivity contribution < 1.29 is 17.9 Å². The van der Waals surface area contributed by atoms with E-state index in [0.717, 1.165) is 6.26 Å². The van der Waals surface area contributed by atoms with Crippen LogP contribution in [0.3, 0.4) is 0 Å². The van der Waals surface area contributed by atoms with Gasteiger partial charge in [0.15, 0.2) is 21.3 Å². The summed E-state index contributed by atoms with van der Waals surface area (Å²) in [5.74, 6) is 0.979. The average Bonchev–Trinajstić information content (AvgIpc) is 2.17. The maximum Gasteiger partial charge on any atom is 0.175 e. The summed E-state index contributed by atoms with van der Waals surface area (Å²) in [5, 5.41) is 0. The van der Waals surface area contributed by atoms with Gasteiger partial charge in [-0.25, -0.2) is 8.42 Å². The van der Waals surface area contributed by atoms with E-state index in [-0.39, 0.29) is 4.90 Å². The Morgan fingerprint density at radius 2 is 1.93 bits per heavy atom. The van der Waals surface area contributed by atoms with E-state index < -0.39 is 9.84 Å². The van der Waals surface area contributed by atoms with Crippen molar-refractivity contribution in [1.82, 2.24) is 0 Å². The molecule has 0 fully saturated rings. The Morgan fingerprint density at radius 1 is 1.27 bits per heavy atom. The third-order valence-electron chi connectivity index (χ3n) is 1.86. The number of sulfone groups is 1. The number of hydrogen-bond donors (Lipinski definition) is 0. The Hall–Kier alpha value is -1.23. The van der Waals surface area contributed by atoms with Gasteiger partial charge in [-0.2, -0.15) is 0 Å². The molecule has 0 heterocycles. The Labute approximate surface area is 89.7 Å². The largest absolute Gasteiger partial charge is 0.493 e. The van der Waals surface area contributed by atoms with Crippen LogP contribution in [-0.2, 0) is 9.84 Å². The highest BCUT2D eigenvalue weighted by molar-refractivity contribution is 7.90. The van der Waals surface area contributed by atoms with Crippen LogP contribution in [0, 0.1) is 0 Å². The number of rotatable bonds is 4. The van der Waals surface area contributed by atoms with Crippen LogP contribution in [-0.4, -0.2) is 28.4 Å². The summed E-state index contributed by atoms with van der Waals surface area (Å²) in [5.41, 5.74) is 0. The lowest BCUT2D eigenvalue weighted by atomic mass is 10.3. The van der Waals surface area contributed by atoms with Gasteiger partial charge >= 0.3 is 0 Å². The van der Waals surface area contributed by atoms with Gasteiger partial charge in [-0.1, -0.05) is 0 Å². The van der Waals surface area contributed by atoms with Crippen molar-refractivity contribution in [2.24, 2.45) is 0 Å². The normalized spacial score (nSPS) is 11.1. The second-order valence-electron chi connectivity index (χ2n) is 3.02. The van der Waals surface area contributed by atoms with E-state index in [1.54, 1.807) is 6.07 Å². The molecule has 0 aromatic heterocycles. The molecule has 4 nitrogen and oxygen atoms in total. The van der Waals surface area contributed by atoms with Crippen molar-refractivity contribution in [3.8, 4) is 11.5 Å². The van der Waals surface area contributed by atoms with Crippen molar-refractivity contribution in [2.75, 3.05) is 20.0 Å². The summed E-state index contributed by atoms with van der Waals surface area (Å²) in [6.07, 6.45) is 1.16. The molecule has 0 atom stereocenters. The molecule has 0 spiro atoms.